The number of carbonyl (C=O) groups is 1. The Labute approximate surface area is 222 Å². The van der Waals surface area contributed by atoms with E-state index in [1.807, 2.05) is 42.2 Å². The molecule has 1 saturated heterocycles. The average molecular weight is 534 g/mol. The smallest absolute Gasteiger partial charge is 0.253 e. The van der Waals surface area contributed by atoms with Gasteiger partial charge in [0.2, 0.25) is 0 Å². The minimum absolute atomic E-state index is 0.0295. The normalized spacial score (nSPS) is 14.7. The number of hydrogen-bond acceptors (Lipinski definition) is 5. The number of rotatable bonds is 6. The number of carbonyl (C=O) groups excluding carboxylic acids is 1. The Morgan fingerprint density at radius 1 is 0.946 bits per heavy atom. The first-order chi connectivity index (χ1) is 17.8. The predicted octanol–water partition coefficient (Wildman–Crippen LogP) is 5.13. The number of nitrogens with zero attached hydrogens (tertiary/aromatic N) is 3. The van der Waals surface area contributed by atoms with Gasteiger partial charge in [0, 0.05) is 54.9 Å². The van der Waals surface area contributed by atoms with Crippen LogP contribution in [0.4, 0.5) is 0 Å². The van der Waals surface area contributed by atoms with Crippen LogP contribution in [0.25, 0.3) is 10.9 Å². The minimum Gasteiger partial charge on any atom is -0.336 e. The third kappa shape index (κ3) is 5.69. The summed E-state index contributed by atoms with van der Waals surface area (Å²) in [6.07, 6.45) is 1.60. The summed E-state index contributed by atoms with van der Waals surface area (Å²) in [4.78, 5) is 21.9. The van der Waals surface area contributed by atoms with Gasteiger partial charge in [-0.15, -0.1) is 0 Å². The van der Waals surface area contributed by atoms with E-state index in [0.29, 0.717) is 29.7 Å². The van der Waals surface area contributed by atoms with Gasteiger partial charge in [-0.3, -0.25) is 14.7 Å². The maximum Gasteiger partial charge on any atom is 0.253 e. The van der Waals surface area contributed by atoms with Crippen molar-refractivity contribution in [2.24, 2.45) is 0 Å². The van der Waals surface area contributed by atoms with Crippen molar-refractivity contribution in [3.8, 4) is 0 Å². The van der Waals surface area contributed by atoms with Gasteiger partial charge in [-0.1, -0.05) is 48.0 Å². The van der Waals surface area contributed by atoms with Crippen molar-refractivity contribution in [2.45, 2.75) is 24.1 Å². The quantitative estimate of drug-likeness (QED) is 0.344. The SMILES string of the molecule is Cc1cc(C(=O)N2CCN(Cc3cccc(Cl)c3)CC2)ccc1CS(=O)(=O)c1cccc2cccnc12. The highest BCUT2D eigenvalue weighted by molar-refractivity contribution is 7.90. The van der Waals surface area contributed by atoms with E-state index < -0.39 is 9.84 Å². The van der Waals surface area contributed by atoms with Gasteiger partial charge < -0.3 is 4.90 Å². The molecule has 5 rings (SSSR count). The number of sulfone groups is 1. The van der Waals surface area contributed by atoms with Crippen molar-refractivity contribution in [1.29, 1.82) is 0 Å². The van der Waals surface area contributed by atoms with Crippen molar-refractivity contribution in [3.63, 3.8) is 0 Å². The molecule has 1 fully saturated rings. The lowest BCUT2D eigenvalue weighted by Gasteiger charge is -2.35. The summed E-state index contributed by atoms with van der Waals surface area (Å²) in [6, 6.07) is 22.0. The van der Waals surface area contributed by atoms with Gasteiger partial charge in [0.05, 0.1) is 16.2 Å². The maximum absolute atomic E-state index is 13.3. The van der Waals surface area contributed by atoms with Crippen LogP contribution in [0.3, 0.4) is 0 Å². The van der Waals surface area contributed by atoms with Crippen LogP contribution < -0.4 is 0 Å². The van der Waals surface area contributed by atoms with Crippen molar-refractivity contribution in [1.82, 2.24) is 14.8 Å². The Bertz CT molecular complexity index is 1560. The number of piperazine rings is 1. The maximum atomic E-state index is 13.3. The van der Waals surface area contributed by atoms with Crippen molar-refractivity contribution in [2.75, 3.05) is 26.2 Å². The predicted molar refractivity (Wildman–Crippen MR) is 146 cm³/mol. The summed E-state index contributed by atoms with van der Waals surface area (Å²) in [5.74, 6) is -0.177. The van der Waals surface area contributed by atoms with E-state index in [4.69, 9.17) is 11.6 Å². The van der Waals surface area contributed by atoms with E-state index in [-0.39, 0.29) is 16.6 Å². The Balaban J connectivity index is 1.25. The number of hydrogen-bond donors (Lipinski definition) is 0. The number of amides is 1. The first-order valence-electron chi connectivity index (χ1n) is 12.2. The zero-order valence-electron chi connectivity index (χ0n) is 20.6. The number of fused-ring (bicyclic) bond motifs is 1. The van der Waals surface area contributed by atoms with E-state index in [1.54, 1.807) is 42.6 Å². The Kier molecular flexibility index (Phi) is 7.29. The first kappa shape index (κ1) is 25.4. The molecule has 2 heterocycles. The molecule has 8 heteroatoms. The van der Waals surface area contributed by atoms with E-state index in [0.717, 1.165) is 41.2 Å². The lowest BCUT2D eigenvalue weighted by atomic mass is 10.1. The molecule has 0 spiro atoms. The number of pyridine rings is 1. The van der Waals surface area contributed by atoms with Crippen LogP contribution in [0.1, 0.15) is 27.0 Å². The monoisotopic (exact) mass is 533 g/mol. The lowest BCUT2D eigenvalue weighted by Crippen LogP contribution is -2.48. The van der Waals surface area contributed by atoms with Crippen LogP contribution in [0.5, 0.6) is 0 Å². The van der Waals surface area contributed by atoms with Crippen LogP contribution in [0.15, 0.2) is 83.9 Å². The first-order valence-corrected chi connectivity index (χ1v) is 14.3. The fourth-order valence-corrected chi connectivity index (χ4v) is 6.64. The lowest BCUT2D eigenvalue weighted by molar-refractivity contribution is 0.0628. The molecule has 6 nitrogen and oxygen atoms in total. The average Bonchev–Trinajstić information content (AvgIpc) is 2.89. The fourth-order valence-electron chi connectivity index (χ4n) is 4.79. The van der Waals surface area contributed by atoms with Gasteiger partial charge in [-0.25, -0.2) is 8.42 Å². The standard InChI is InChI=1S/C29H28ClN3O3S/c1-21-17-24(29(34)33-15-13-32(14-16-33)19-22-5-2-8-26(30)18-22)10-11-25(21)20-37(35,36)27-9-3-6-23-7-4-12-31-28(23)27/h2-12,17-18H,13-16,19-20H2,1H3. The molecular weight excluding hydrogens is 506 g/mol. The number of aromatic nitrogens is 1. The number of aryl methyl sites for hydroxylation is 1. The molecule has 0 aliphatic carbocycles. The van der Waals surface area contributed by atoms with Gasteiger partial charge in [-0.05, 0) is 60.0 Å². The largest absolute Gasteiger partial charge is 0.336 e. The van der Waals surface area contributed by atoms with Crippen LogP contribution in [0, 0.1) is 6.92 Å². The van der Waals surface area contributed by atoms with Gasteiger partial charge in [0.15, 0.2) is 9.84 Å². The molecule has 0 saturated carbocycles. The van der Waals surface area contributed by atoms with Crippen LogP contribution >= 0.6 is 11.6 Å². The molecule has 190 valence electrons. The summed E-state index contributed by atoms with van der Waals surface area (Å²) in [5.41, 5.74) is 3.67. The molecule has 0 unspecified atom stereocenters. The topological polar surface area (TPSA) is 70.6 Å². The second-order valence-electron chi connectivity index (χ2n) is 9.43. The van der Waals surface area contributed by atoms with Gasteiger partial charge in [-0.2, -0.15) is 0 Å². The highest BCUT2D eigenvalue weighted by atomic mass is 35.5. The third-order valence-electron chi connectivity index (χ3n) is 6.82. The van der Waals surface area contributed by atoms with Crippen molar-refractivity contribution >= 4 is 38.2 Å². The highest BCUT2D eigenvalue weighted by Crippen LogP contribution is 2.26. The minimum atomic E-state index is -3.62. The summed E-state index contributed by atoms with van der Waals surface area (Å²) < 4.78 is 26.6. The summed E-state index contributed by atoms with van der Waals surface area (Å²) in [6.45, 7) is 5.51. The van der Waals surface area contributed by atoms with Gasteiger partial charge in [0.25, 0.3) is 5.91 Å². The van der Waals surface area contributed by atoms with Crippen LogP contribution in [0.2, 0.25) is 5.02 Å². The Morgan fingerprint density at radius 3 is 2.46 bits per heavy atom. The van der Waals surface area contributed by atoms with E-state index in [1.165, 1.54) is 0 Å². The van der Waals surface area contributed by atoms with Crippen LogP contribution in [-0.2, 0) is 22.1 Å². The van der Waals surface area contributed by atoms with E-state index >= 15 is 0 Å². The number of para-hydroxylation sites is 1. The molecule has 1 aromatic heterocycles. The second kappa shape index (κ2) is 10.6. The Hall–Kier alpha value is -3.26. The molecule has 3 aromatic carbocycles. The van der Waals surface area contributed by atoms with Crippen molar-refractivity contribution < 1.29 is 13.2 Å². The van der Waals surface area contributed by atoms with E-state index in [9.17, 15) is 13.2 Å². The highest BCUT2D eigenvalue weighted by Gasteiger charge is 2.24. The Morgan fingerprint density at radius 2 is 1.70 bits per heavy atom. The van der Waals surface area contributed by atoms with Gasteiger partial charge in [0.1, 0.15) is 0 Å². The molecule has 0 radical (unpaired) electrons. The summed E-state index contributed by atoms with van der Waals surface area (Å²) in [5, 5.41) is 1.51. The van der Waals surface area contributed by atoms with Gasteiger partial charge >= 0.3 is 0 Å². The molecule has 37 heavy (non-hydrogen) atoms. The molecular formula is C29H28ClN3O3S. The molecule has 1 aliphatic heterocycles. The molecule has 0 N–H and O–H groups in total. The third-order valence-corrected chi connectivity index (χ3v) is 8.75. The van der Waals surface area contributed by atoms with Crippen molar-refractivity contribution in [3.05, 3.63) is 106 Å². The number of benzene rings is 3. The van der Waals surface area contributed by atoms with E-state index in [2.05, 4.69) is 16.0 Å². The fraction of sp³-hybridized carbons (Fsp3) is 0.241. The summed E-state index contributed by atoms with van der Waals surface area (Å²) in [7, 11) is -3.62. The molecule has 1 amide bonds. The number of halogens is 1. The summed E-state index contributed by atoms with van der Waals surface area (Å²) >= 11 is 6.10. The molecule has 0 atom stereocenters. The van der Waals surface area contributed by atoms with Crippen LogP contribution in [-0.4, -0.2) is 55.3 Å². The molecule has 1 aliphatic rings. The molecule has 0 bridgehead atoms. The zero-order chi connectivity index (χ0) is 26.0. The second-order valence-corrected chi connectivity index (χ2v) is 11.8. The molecule has 4 aromatic rings. The zero-order valence-corrected chi connectivity index (χ0v) is 22.2.